The number of nitrogens with zero attached hydrogens (tertiary/aromatic N) is 4. The van der Waals surface area contributed by atoms with Crippen LogP contribution in [0.2, 0.25) is 0 Å². The number of carbonyl (C=O) groups excluding carboxylic acids is 1. The Balaban J connectivity index is 2.13. The van der Waals surface area contributed by atoms with Gasteiger partial charge in [-0.25, -0.2) is 4.98 Å². The van der Waals surface area contributed by atoms with E-state index in [2.05, 4.69) is 20.5 Å². The van der Waals surface area contributed by atoms with Crippen LogP contribution >= 0.6 is 11.8 Å². The van der Waals surface area contributed by atoms with Gasteiger partial charge in [-0.05, 0) is 26.8 Å². The summed E-state index contributed by atoms with van der Waals surface area (Å²) in [5.41, 5.74) is 0.810. The fourth-order valence-electron chi connectivity index (χ4n) is 1.73. The molecule has 0 saturated heterocycles. The summed E-state index contributed by atoms with van der Waals surface area (Å²) >= 11 is 1.35. The van der Waals surface area contributed by atoms with Crippen LogP contribution < -0.4 is 10.1 Å². The Morgan fingerprint density at radius 2 is 2.14 bits per heavy atom. The quantitative estimate of drug-likeness (QED) is 0.815. The predicted octanol–water partition coefficient (Wildman–Crippen LogP) is 1.68. The zero-order valence-electron chi connectivity index (χ0n) is 13.0. The van der Waals surface area contributed by atoms with Crippen molar-refractivity contribution in [1.82, 2.24) is 25.1 Å². The predicted molar refractivity (Wildman–Crippen MR) is 84.3 cm³/mol. The van der Waals surface area contributed by atoms with Gasteiger partial charge in [0.1, 0.15) is 6.33 Å². The molecule has 0 radical (unpaired) electrons. The lowest BCUT2D eigenvalue weighted by atomic mass is 10.3. The molecule has 22 heavy (non-hydrogen) atoms. The molecule has 1 amide bonds. The van der Waals surface area contributed by atoms with Crippen molar-refractivity contribution in [2.24, 2.45) is 0 Å². The van der Waals surface area contributed by atoms with Crippen LogP contribution in [0.1, 0.15) is 20.8 Å². The van der Waals surface area contributed by atoms with Gasteiger partial charge in [0.05, 0.1) is 24.2 Å². The third-order valence-electron chi connectivity index (χ3n) is 2.81. The molecule has 0 aliphatic heterocycles. The molecule has 8 heteroatoms. The molecule has 1 atom stereocenters. The van der Waals surface area contributed by atoms with Gasteiger partial charge in [0.2, 0.25) is 11.8 Å². The van der Waals surface area contributed by atoms with Crippen molar-refractivity contribution in [2.45, 2.75) is 37.2 Å². The highest BCUT2D eigenvalue weighted by molar-refractivity contribution is 8.00. The summed E-state index contributed by atoms with van der Waals surface area (Å²) in [5, 5.41) is 11.2. The first-order valence-corrected chi connectivity index (χ1v) is 7.76. The lowest BCUT2D eigenvalue weighted by molar-refractivity contribution is -0.120. The second-order valence-electron chi connectivity index (χ2n) is 4.97. The Morgan fingerprint density at radius 1 is 1.36 bits per heavy atom. The normalized spacial score (nSPS) is 12.2. The van der Waals surface area contributed by atoms with Gasteiger partial charge < -0.3 is 10.1 Å². The molecule has 2 rings (SSSR count). The molecule has 0 saturated carbocycles. The molecular formula is C14H19N5O2S. The van der Waals surface area contributed by atoms with Gasteiger partial charge in [-0.15, -0.1) is 10.2 Å². The van der Waals surface area contributed by atoms with E-state index in [1.807, 2.05) is 26.8 Å². The zero-order valence-corrected chi connectivity index (χ0v) is 13.8. The van der Waals surface area contributed by atoms with Crippen LogP contribution in [0.5, 0.6) is 5.88 Å². The molecule has 0 unspecified atom stereocenters. The molecule has 118 valence electrons. The SMILES string of the molecule is COc1ccc(-n2cnnc2S[C@@H](C)C(=O)NC(C)C)cn1. The van der Waals surface area contributed by atoms with Gasteiger partial charge in [0, 0.05) is 12.1 Å². The Hall–Kier alpha value is -2.09. The summed E-state index contributed by atoms with van der Waals surface area (Å²) in [6.07, 6.45) is 3.27. The molecule has 2 aromatic rings. The minimum atomic E-state index is -0.267. The van der Waals surface area contributed by atoms with E-state index in [1.165, 1.54) is 11.8 Å². The first-order valence-electron chi connectivity index (χ1n) is 6.88. The van der Waals surface area contributed by atoms with E-state index >= 15 is 0 Å². The number of hydrogen-bond donors (Lipinski definition) is 1. The fraction of sp³-hybridized carbons (Fsp3) is 0.429. The number of nitrogens with one attached hydrogen (secondary N) is 1. The third kappa shape index (κ3) is 3.97. The second-order valence-corrected chi connectivity index (χ2v) is 6.27. The highest BCUT2D eigenvalue weighted by atomic mass is 32.2. The van der Waals surface area contributed by atoms with E-state index < -0.39 is 0 Å². The van der Waals surface area contributed by atoms with E-state index in [0.717, 1.165) is 5.69 Å². The van der Waals surface area contributed by atoms with Gasteiger partial charge in [-0.2, -0.15) is 0 Å². The Bertz CT molecular complexity index is 626. The molecule has 0 aliphatic carbocycles. The molecule has 0 fully saturated rings. The minimum Gasteiger partial charge on any atom is -0.481 e. The molecule has 2 heterocycles. The van der Waals surface area contributed by atoms with Crippen LogP contribution in [-0.2, 0) is 4.79 Å². The largest absolute Gasteiger partial charge is 0.481 e. The van der Waals surface area contributed by atoms with Crippen molar-refractivity contribution < 1.29 is 9.53 Å². The number of carbonyl (C=O) groups is 1. The zero-order chi connectivity index (χ0) is 16.1. The van der Waals surface area contributed by atoms with Crippen molar-refractivity contribution in [3.05, 3.63) is 24.7 Å². The van der Waals surface area contributed by atoms with Crippen molar-refractivity contribution >= 4 is 17.7 Å². The van der Waals surface area contributed by atoms with E-state index in [9.17, 15) is 4.79 Å². The first-order chi connectivity index (χ1) is 10.5. The smallest absolute Gasteiger partial charge is 0.233 e. The summed E-state index contributed by atoms with van der Waals surface area (Å²) in [6.45, 7) is 5.70. The fourth-order valence-corrected chi connectivity index (χ4v) is 2.58. The average molecular weight is 321 g/mol. The van der Waals surface area contributed by atoms with Crippen LogP contribution in [0, 0.1) is 0 Å². The average Bonchev–Trinajstić information content (AvgIpc) is 2.94. The lowest BCUT2D eigenvalue weighted by Crippen LogP contribution is -2.36. The van der Waals surface area contributed by atoms with Crippen molar-refractivity contribution in [1.29, 1.82) is 0 Å². The summed E-state index contributed by atoms with van der Waals surface area (Å²) in [7, 11) is 1.57. The number of aromatic nitrogens is 4. The van der Waals surface area contributed by atoms with E-state index in [-0.39, 0.29) is 17.2 Å². The van der Waals surface area contributed by atoms with Crippen molar-refractivity contribution in [2.75, 3.05) is 7.11 Å². The Labute approximate surface area is 133 Å². The summed E-state index contributed by atoms with van der Waals surface area (Å²) in [4.78, 5) is 16.2. The molecule has 1 N–H and O–H groups in total. The van der Waals surface area contributed by atoms with Crippen molar-refractivity contribution in [3.8, 4) is 11.6 Å². The number of rotatable bonds is 6. The number of amides is 1. The molecule has 2 aromatic heterocycles. The third-order valence-corrected chi connectivity index (χ3v) is 3.86. The Kier molecular flexibility index (Phi) is 5.37. The second kappa shape index (κ2) is 7.26. The summed E-state index contributed by atoms with van der Waals surface area (Å²) in [5.74, 6) is 0.512. The lowest BCUT2D eigenvalue weighted by Gasteiger charge is -2.14. The van der Waals surface area contributed by atoms with Gasteiger partial charge in [-0.3, -0.25) is 9.36 Å². The highest BCUT2D eigenvalue weighted by Gasteiger charge is 2.19. The summed E-state index contributed by atoms with van der Waals surface area (Å²) in [6, 6.07) is 3.73. The molecular weight excluding hydrogens is 302 g/mol. The standard InChI is InChI=1S/C14H19N5O2S/c1-9(2)17-13(20)10(3)22-14-18-16-8-19(14)11-5-6-12(21-4)15-7-11/h5-10H,1-4H3,(H,17,20)/t10-/m0/s1. The molecule has 0 bridgehead atoms. The maximum absolute atomic E-state index is 12.0. The number of thioether (sulfide) groups is 1. The van der Waals surface area contributed by atoms with Crippen LogP contribution in [0.4, 0.5) is 0 Å². The van der Waals surface area contributed by atoms with Crippen LogP contribution in [0.25, 0.3) is 5.69 Å². The van der Waals surface area contributed by atoms with E-state index in [0.29, 0.717) is 11.0 Å². The number of hydrogen-bond acceptors (Lipinski definition) is 6. The maximum Gasteiger partial charge on any atom is 0.233 e. The van der Waals surface area contributed by atoms with Crippen LogP contribution in [0.3, 0.4) is 0 Å². The Morgan fingerprint density at radius 3 is 2.73 bits per heavy atom. The van der Waals surface area contributed by atoms with Gasteiger partial charge in [0.15, 0.2) is 5.16 Å². The van der Waals surface area contributed by atoms with E-state index in [1.54, 1.807) is 30.3 Å². The monoisotopic (exact) mass is 321 g/mol. The number of pyridine rings is 1. The molecule has 7 nitrogen and oxygen atoms in total. The summed E-state index contributed by atoms with van der Waals surface area (Å²) < 4.78 is 6.83. The molecule has 0 aliphatic rings. The van der Waals surface area contributed by atoms with Crippen molar-refractivity contribution in [3.63, 3.8) is 0 Å². The van der Waals surface area contributed by atoms with Gasteiger partial charge in [-0.1, -0.05) is 11.8 Å². The first kappa shape index (κ1) is 16.3. The highest BCUT2D eigenvalue weighted by Crippen LogP contribution is 2.24. The topological polar surface area (TPSA) is 81.9 Å². The molecule has 0 aromatic carbocycles. The van der Waals surface area contributed by atoms with Crippen LogP contribution in [-0.4, -0.2) is 44.1 Å². The van der Waals surface area contributed by atoms with Gasteiger partial charge >= 0.3 is 0 Å². The number of ether oxygens (including phenoxy) is 1. The molecule has 0 spiro atoms. The van der Waals surface area contributed by atoms with Crippen LogP contribution in [0.15, 0.2) is 29.8 Å². The van der Waals surface area contributed by atoms with E-state index in [4.69, 9.17) is 4.74 Å². The minimum absolute atomic E-state index is 0.0256. The maximum atomic E-state index is 12.0. The van der Waals surface area contributed by atoms with Gasteiger partial charge in [0.25, 0.3) is 0 Å². The number of methoxy groups -OCH3 is 1.